The van der Waals surface area contributed by atoms with Crippen molar-refractivity contribution in [3.05, 3.63) is 58.9 Å². The van der Waals surface area contributed by atoms with Crippen LogP contribution in [0.3, 0.4) is 0 Å². The van der Waals surface area contributed by atoms with Crippen molar-refractivity contribution in [3.63, 3.8) is 0 Å². The van der Waals surface area contributed by atoms with E-state index in [1.54, 1.807) is 19.9 Å². The fraction of sp³-hybridized carbons (Fsp3) is 0.300. The van der Waals surface area contributed by atoms with Gasteiger partial charge in [0.1, 0.15) is 18.2 Å². The normalized spacial score (nSPS) is 15.2. The van der Waals surface area contributed by atoms with E-state index in [1.807, 2.05) is 0 Å². The van der Waals surface area contributed by atoms with Gasteiger partial charge in [0.2, 0.25) is 0 Å². The molecular weight excluding hydrogens is 353 g/mol. The van der Waals surface area contributed by atoms with Gasteiger partial charge in [-0.3, -0.25) is 4.79 Å². The van der Waals surface area contributed by atoms with Gasteiger partial charge in [0.15, 0.2) is 5.60 Å². The van der Waals surface area contributed by atoms with Crippen LogP contribution in [0.1, 0.15) is 41.8 Å². The van der Waals surface area contributed by atoms with E-state index in [0.29, 0.717) is 16.8 Å². The van der Waals surface area contributed by atoms with Gasteiger partial charge < -0.3 is 20.3 Å². The zero-order chi connectivity index (χ0) is 19.8. The molecular formula is C20H20FNO5. The minimum absolute atomic E-state index is 0.0254. The zero-order valence-corrected chi connectivity index (χ0v) is 15.0. The maximum Gasteiger partial charge on any atom is 0.338 e. The first-order chi connectivity index (χ1) is 12.7. The minimum Gasteiger partial charge on any atom is -0.508 e. The fourth-order valence-electron chi connectivity index (χ4n) is 3.20. The number of cyclic esters (lactones) is 1. The third-order valence-corrected chi connectivity index (χ3v) is 4.43. The highest BCUT2D eigenvalue weighted by molar-refractivity contribution is 5.99. The first-order valence-electron chi connectivity index (χ1n) is 8.53. The number of aliphatic hydroxyl groups is 1. The van der Waals surface area contributed by atoms with Crippen LogP contribution >= 0.6 is 0 Å². The Labute approximate surface area is 155 Å². The number of esters is 1. The van der Waals surface area contributed by atoms with E-state index in [-0.39, 0.29) is 30.3 Å². The summed E-state index contributed by atoms with van der Waals surface area (Å²) in [6.45, 7) is 3.71. The number of rotatable bonds is 5. The summed E-state index contributed by atoms with van der Waals surface area (Å²) < 4.78 is 18.6. The van der Waals surface area contributed by atoms with Crippen LogP contribution in [0.25, 0.3) is 0 Å². The summed E-state index contributed by atoms with van der Waals surface area (Å²) in [7, 11) is 0. The van der Waals surface area contributed by atoms with Crippen LogP contribution in [0.5, 0.6) is 5.75 Å². The van der Waals surface area contributed by atoms with Crippen molar-refractivity contribution < 1.29 is 28.9 Å². The lowest BCUT2D eigenvalue weighted by atomic mass is 9.84. The topological polar surface area (TPSA) is 95.9 Å². The summed E-state index contributed by atoms with van der Waals surface area (Å²) in [5.41, 5.74) is -0.929. The van der Waals surface area contributed by atoms with E-state index in [2.05, 4.69) is 5.32 Å². The Bertz CT molecular complexity index is 911. The maximum absolute atomic E-state index is 13.7. The quantitative estimate of drug-likeness (QED) is 0.700. The number of benzene rings is 2. The molecule has 0 radical (unpaired) electrons. The van der Waals surface area contributed by atoms with E-state index in [0.717, 1.165) is 18.2 Å². The van der Waals surface area contributed by atoms with Crippen LogP contribution in [0.15, 0.2) is 36.4 Å². The van der Waals surface area contributed by atoms with E-state index in [4.69, 9.17) is 4.74 Å². The molecule has 1 atom stereocenters. The Balaban J connectivity index is 1.94. The van der Waals surface area contributed by atoms with Gasteiger partial charge in [0.25, 0.3) is 5.91 Å². The van der Waals surface area contributed by atoms with Gasteiger partial charge in [-0.05, 0) is 48.7 Å². The molecule has 1 heterocycles. The number of fused-ring (bicyclic) bond motifs is 1. The summed E-state index contributed by atoms with van der Waals surface area (Å²) in [6, 6.07) is 7.73. The molecule has 1 amide bonds. The van der Waals surface area contributed by atoms with Crippen molar-refractivity contribution in [2.24, 2.45) is 5.92 Å². The Kier molecular flexibility index (Phi) is 4.89. The van der Waals surface area contributed by atoms with Gasteiger partial charge in [-0.2, -0.15) is 0 Å². The molecule has 0 spiro atoms. The predicted octanol–water partition coefficient (Wildman–Crippen LogP) is 3.07. The fourth-order valence-corrected chi connectivity index (χ4v) is 3.20. The van der Waals surface area contributed by atoms with Crippen molar-refractivity contribution >= 4 is 17.6 Å². The highest BCUT2D eigenvalue weighted by Gasteiger charge is 2.41. The largest absolute Gasteiger partial charge is 0.508 e. The predicted molar refractivity (Wildman–Crippen MR) is 95.6 cm³/mol. The number of halogens is 1. The molecule has 3 N–H and O–H groups in total. The van der Waals surface area contributed by atoms with E-state index in [1.165, 1.54) is 12.1 Å². The molecule has 2 aromatic carbocycles. The molecule has 1 unspecified atom stereocenters. The van der Waals surface area contributed by atoms with Crippen molar-refractivity contribution in [1.29, 1.82) is 0 Å². The van der Waals surface area contributed by atoms with Crippen molar-refractivity contribution in [1.82, 2.24) is 0 Å². The maximum atomic E-state index is 13.7. The SMILES string of the molecule is CC(C)CC(O)(C(=O)Nc1ccc2c(c1)COC2=O)c1cc(F)ccc1O. The van der Waals surface area contributed by atoms with E-state index in [9.17, 15) is 24.2 Å². The summed E-state index contributed by atoms with van der Waals surface area (Å²) in [6.07, 6.45) is -0.0254. The molecule has 0 aromatic heterocycles. The molecule has 2 aromatic rings. The second-order valence-electron chi connectivity index (χ2n) is 7.02. The Morgan fingerprint density at radius 2 is 2.04 bits per heavy atom. The molecule has 0 aliphatic carbocycles. The van der Waals surface area contributed by atoms with Crippen LogP contribution in [0, 0.1) is 11.7 Å². The molecule has 6 nitrogen and oxygen atoms in total. The third kappa shape index (κ3) is 3.64. The second kappa shape index (κ2) is 7.00. The Morgan fingerprint density at radius 3 is 2.74 bits per heavy atom. The highest BCUT2D eigenvalue weighted by atomic mass is 19.1. The number of ether oxygens (including phenoxy) is 1. The molecule has 142 valence electrons. The third-order valence-electron chi connectivity index (χ3n) is 4.43. The second-order valence-corrected chi connectivity index (χ2v) is 7.02. The first-order valence-corrected chi connectivity index (χ1v) is 8.53. The number of phenols is 1. The average Bonchev–Trinajstić information content (AvgIpc) is 2.96. The number of hydrogen-bond acceptors (Lipinski definition) is 5. The average molecular weight is 373 g/mol. The Morgan fingerprint density at radius 1 is 1.30 bits per heavy atom. The van der Waals surface area contributed by atoms with Crippen LogP contribution in [-0.4, -0.2) is 22.1 Å². The monoisotopic (exact) mass is 373 g/mol. The minimum atomic E-state index is -2.13. The van der Waals surface area contributed by atoms with Crippen molar-refractivity contribution in [2.75, 3.05) is 5.32 Å². The Hall–Kier alpha value is -2.93. The van der Waals surface area contributed by atoms with Gasteiger partial charge >= 0.3 is 5.97 Å². The van der Waals surface area contributed by atoms with Gasteiger partial charge in [-0.15, -0.1) is 0 Å². The van der Waals surface area contributed by atoms with Crippen LogP contribution in [-0.2, 0) is 21.7 Å². The molecule has 1 aliphatic rings. The molecule has 3 rings (SSSR count). The lowest BCUT2D eigenvalue weighted by Crippen LogP contribution is -2.41. The number of carbonyl (C=O) groups is 2. The number of phenolic OH excluding ortho intramolecular Hbond substituents is 1. The van der Waals surface area contributed by atoms with Crippen LogP contribution in [0.4, 0.5) is 10.1 Å². The van der Waals surface area contributed by atoms with Gasteiger partial charge in [0, 0.05) is 16.8 Å². The molecule has 0 fully saturated rings. The molecule has 1 aliphatic heterocycles. The standard InChI is InChI=1S/C20H20FNO5/c1-11(2)9-20(26,16-8-13(21)3-6-17(16)23)19(25)22-14-4-5-15-12(7-14)10-27-18(15)24/h3-8,11,23,26H,9-10H2,1-2H3,(H,22,25). The summed E-state index contributed by atoms with van der Waals surface area (Å²) in [4.78, 5) is 24.4. The molecule has 27 heavy (non-hydrogen) atoms. The number of hydrogen-bond donors (Lipinski definition) is 3. The number of carbonyl (C=O) groups excluding carboxylic acids is 2. The van der Waals surface area contributed by atoms with Crippen LogP contribution in [0.2, 0.25) is 0 Å². The van der Waals surface area contributed by atoms with Gasteiger partial charge in [0.05, 0.1) is 5.56 Å². The summed E-state index contributed by atoms with van der Waals surface area (Å²) in [5.74, 6) is -2.39. The molecule has 0 bridgehead atoms. The molecule has 7 heteroatoms. The van der Waals surface area contributed by atoms with Crippen molar-refractivity contribution in [3.8, 4) is 5.75 Å². The lowest BCUT2D eigenvalue weighted by molar-refractivity contribution is -0.137. The summed E-state index contributed by atoms with van der Waals surface area (Å²) in [5, 5.41) is 23.8. The smallest absolute Gasteiger partial charge is 0.338 e. The van der Waals surface area contributed by atoms with E-state index >= 15 is 0 Å². The molecule has 0 saturated carbocycles. The highest BCUT2D eigenvalue weighted by Crippen LogP contribution is 2.36. The summed E-state index contributed by atoms with van der Waals surface area (Å²) >= 11 is 0. The van der Waals surface area contributed by atoms with Crippen molar-refractivity contribution in [2.45, 2.75) is 32.5 Å². The lowest BCUT2D eigenvalue weighted by Gasteiger charge is -2.29. The zero-order valence-electron chi connectivity index (χ0n) is 15.0. The number of nitrogens with one attached hydrogen (secondary N) is 1. The number of aromatic hydroxyl groups is 1. The van der Waals surface area contributed by atoms with Gasteiger partial charge in [-0.1, -0.05) is 13.8 Å². The van der Waals surface area contributed by atoms with Crippen LogP contribution < -0.4 is 5.32 Å². The number of amides is 1. The van der Waals surface area contributed by atoms with Gasteiger partial charge in [-0.25, -0.2) is 9.18 Å². The van der Waals surface area contributed by atoms with E-state index < -0.39 is 23.3 Å². The molecule has 0 saturated heterocycles. The number of anilines is 1. The first kappa shape index (κ1) is 18.8.